The van der Waals surface area contributed by atoms with E-state index in [4.69, 9.17) is 15.0 Å². The minimum atomic E-state index is -0.646. The van der Waals surface area contributed by atoms with Gasteiger partial charge in [-0.25, -0.2) is 0 Å². The Bertz CT molecular complexity index is 500. The van der Waals surface area contributed by atoms with Gasteiger partial charge in [0.05, 0.1) is 19.3 Å². The Morgan fingerprint density at radius 1 is 1.27 bits per heavy atom. The molecule has 3 heterocycles. The van der Waals surface area contributed by atoms with E-state index in [9.17, 15) is 4.79 Å². The molecule has 1 aromatic rings. The predicted molar refractivity (Wildman–Crippen MR) is 78.2 cm³/mol. The summed E-state index contributed by atoms with van der Waals surface area (Å²) in [5, 5.41) is 3.64. The van der Waals surface area contributed by atoms with Crippen LogP contribution in [0.4, 0.5) is 0 Å². The standard InChI is InChI=1S/C14H23N5O3/c15-12(20)13-16-14(22-17-13)11-3-1-5-19(11)6-2-4-18-7-9-21-10-8-18/h11H,1-10H2,(H2,15,20)/t11-/m1/s1. The summed E-state index contributed by atoms with van der Waals surface area (Å²) in [6, 6.07) is 0.116. The van der Waals surface area contributed by atoms with E-state index in [2.05, 4.69) is 19.9 Å². The van der Waals surface area contributed by atoms with E-state index >= 15 is 0 Å². The number of hydrogen-bond acceptors (Lipinski definition) is 7. The van der Waals surface area contributed by atoms with Gasteiger partial charge in [-0.2, -0.15) is 4.98 Å². The Morgan fingerprint density at radius 2 is 2.09 bits per heavy atom. The Hall–Kier alpha value is -1.51. The van der Waals surface area contributed by atoms with Crippen molar-refractivity contribution < 1.29 is 14.1 Å². The maximum Gasteiger partial charge on any atom is 0.290 e. The first kappa shape index (κ1) is 15.4. The van der Waals surface area contributed by atoms with Crippen LogP contribution in [0.25, 0.3) is 0 Å². The first-order chi connectivity index (χ1) is 10.7. The van der Waals surface area contributed by atoms with Crippen molar-refractivity contribution in [2.75, 3.05) is 45.9 Å². The van der Waals surface area contributed by atoms with Gasteiger partial charge in [0.1, 0.15) is 0 Å². The van der Waals surface area contributed by atoms with Crippen LogP contribution in [0.15, 0.2) is 4.52 Å². The number of ether oxygens (including phenoxy) is 1. The number of carbonyl (C=O) groups excluding carboxylic acids is 1. The Labute approximate surface area is 129 Å². The van der Waals surface area contributed by atoms with Crippen molar-refractivity contribution in [1.82, 2.24) is 19.9 Å². The monoisotopic (exact) mass is 309 g/mol. The van der Waals surface area contributed by atoms with Crippen molar-refractivity contribution in [3.8, 4) is 0 Å². The number of primary amides is 1. The molecule has 8 nitrogen and oxygen atoms in total. The fourth-order valence-electron chi connectivity index (χ4n) is 3.17. The van der Waals surface area contributed by atoms with Crippen LogP contribution in [-0.4, -0.2) is 71.8 Å². The van der Waals surface area contributed by atoms with Gasteiger partial charge < -0.3 is 15.0 Å². The summed E-state index contributed by atoms with van der Waals surface area (Å²) in [4.78, 5) is 20.0. The smallest absolute Gasteiger partial charge is 0.290 e. The van der Waals surface area contributed by atoms with Crippen molar-refractivity contribution in [1.29, 1.82) is 0 Å². The van der Waals surface area contributed by atoms with Crippen LogP contribution in [0.2, 0.25) is 0 Å². The second-order valence-corrected chi connectivity index (χ2v) is 5.82. The van der Waals surface area contributed by atoms with E-state index in [1.807, 2.05) is 0 Å². The summed E-state index contributed by atoms with van der Waals surface area (Å²) in [5.74, 6) is -0.167. The molecule has 0 bridgehead atoms. The second kappa shape index (κ2) is 7.17. The molecule has 8 heteroatoms. The molecule has 2 aliphatic heterocycles. The maximum absolute atomic E-state index is 11.1. The van der Waals surface area contributed by atoms with E-state index in [0.29, 0.717) is 5.89 Å². The zero-order chi connectivity index (χ0) is 15.4. The molecule has 3 rings (SSSR count). The number of morpholine rings is 1. The molecule has 2 aliphatic rings. The molecule has 2 N–H and O–H groups in total. The van der Waals surface area contributed by atoms with Gasteiger partial charge in [0.25, 0.3) is 11.7 Å². The highest BCUT2D eigenvalue weighted by Gasteiger charge is 2.30. The molecule has 2 fully saturated rings. The largest absolute Gasteiger partial charge is 0.379 e. The summed E-state index contributed by atoms with van der Waals surface area (Å²) >= 11 is 0. The lowest BCUT2D eigenvalue weighted by Gasteiger charge is -2.28. The lowest BCUT2D eigenvalue weighted by molar-refractivity contribution is 0.0357. The lowest BCUT2D eigenvalue weighted by atomic mass is 10.2. The number of likely N-dealkylation sites (tertiary alicyclic amines) is 1. The van der Waals surface area contributed by atoms with Crippen LogP contribution in [0, 0.1) is 0 Å². The molecule has 1 atom stereocenters. The summed E-state index contributed by atoms with van der Waals surface area (Å²) < 4.78 is 10.6. The summed E-state index contributed by atoms with van der Waals surface area (Å²) in [6.45, 7) is 6.83. The molecule has 122 valence electrons. The molecule has 22 heavy (non-hydrogen) atoms. The van der Waals surface area contributed by atoms with Gasteiger partial charge in [0.2, 0.25) is 5.89 Å². The molecule has 0 spiro atoms. The zero-order valence-electron chi connectivity index (χ0n) is 12.7. The van der Waals surface area contributed by atoms with Crippen molar-refractivity contribution in [3.63, 3.8) is 0 Å². The van der Waals surface area contributed by atoms with Gasteiger partial charge in [-0.15, -0.1) is 0 Å². The van der Waals surface area contributed by atoms with Crippen LogP contribution in [0.1, 0.15) is 41.8 Å². The third kappa shape index (κ3) is 3.63. The number of amides is 1. The molecule has 0 radical (unpaired) electrons. The van der Waals surface area contributed by atoms with Crippen molar-refractivity contribution in [2.45, 2.75) is 25.3 Å². The van der Waals surface area contributed by atoms with E-state index in [1.54, 1.807) is 0 Å². The van der Waals surface area contributed by atoms with Crippen molar-refractivity contribution in [2.24, 2.45) is 5.73 Å². The molecule has 0 aliphatic carbocycles. The molecule has 0 unspecified atom stereocenters. The zero-order valence-corrected chi connectivity index (χ0v) is 12.7. The number of carbonyl (C=O) groups is 1. The second-order valence-electron chi connectivity index (χ2n) is 5.82. The van der Waals surface area contributed by atoms with Crippen LogP contribution in [0.3, 0.4) is 0 Å². The van der Waals surface area contributed by atoms with Crippen LogP contribution < -0.4 is 5.73 Å². The third-order valence-electron chi connectivity index (χ3n) is 4.33. The molecule has 2 saturated heterocycles. The molecule has 0 aromatic carbocycles. The molecule has 1 aromatic heterocycles. The highest BCUT2D eigenvalue weighted by molar-refractivity contribution is 5.88. The van der Waals surface area contributed by atoms with Crippen molar-refractivity contribution in [3.05, 3.63) is 11.7 Å². The number of aromatic nitrogens is 2. The lowest BCUT2D eigenvalue weighted by Crippen LogP contribution is -2.38. The number of rotatable bonds is 6. The number of nitrogens with two attached hydrogens (primary N) is 1. The Morgan fingerprint density at radius 3 is 2.82 bits per heavy atom. The van der Waals surface area contributed by atoms with E-state index in [-0.39, 0.29) is 11.9 Å². The quantitative estimate of drug-likeness (QED) is 0.791. The summed E-state index contributed by atoms with van der Waals surface area (Å²) in [6.07, 6.45) is 3.20. The molecule has 1 amide bonds. The molecular formula is C14H23N5O3. The van der Waals surface area contributed by atoms with Gasteiger partial charge in [-0.1, -0.05) is 5.16 Å². The average molecular weight is 309 g/mol. The van der Waals surface area contributed by atoms with Crippen LogP contribution in [-0.2, 0) is 4.74 Å². The van der Waals surface area contributed by atoms with Crippen LogP contribution >= 0.6 is 0 Å². The van der Waals surface area contributed by atoms with Gasteiger partial charge in [-0.3, -0.25) is 14.6 Å². The number of nitrogens with zero attached hydrogens (tertiary/aromatic N) is 4. The summed E-state index contributed by atoms with van der Waals surface area (Å²) in [5.41, 5.74) is 5.17. The normalized spacial score (nSPS) is 23.9. The molecular weight excluding hydrogens is 286 g/mol. The van der Waals surface area contributed by atoms with E-state index < -0.39 is 5.91 Å². The first-order valence-corrected chi connectivity index (χ1v) is 7.91. The summed E-state index contributed by atoms with van der Waals surface area (Å²) in [7, 11) is 0. The topological polar surface area (TPSA) is 97.7 Å². The minimum Gasteiger partial charge on any atom is -0.379 e. The van der Waals surface area contributed by atoms with Gasteiger partial charge in [-0.05, 0) is 32.4 Å². The van der Waals surface area contributed by atoms with E-state index in [0.717, 1.165) is 65.2 Å². The average Bonchev–Trinajstić information content (AvgIpc) is 3.16. The highest BCUT2D eigenvalue weighted by atomic mass is 16.5. The third-order valence-corrected chi connectivity index (χ3v) is 4.33. The Balaban J connectivity index is 1.50. The van der Waals surface area contributed by atoms with Crippen molar-refractivity contribution >= 4 is 5.91 Å². The number of hydrogen-bond donors (Lipinski definition) is 1. The van der Waals surface area contributed by atoms with Gasteiger partial charge in [0.15, 0.2) is 0 Å². The first-order valence-electron chi connectivity index (χ1n) is 7.91. The minimum absolute atomic E-state index is 0.0323. The predicted octanol–water partition coefficient (Wildman–Crippen LogP) is 0.0277. The Kier molecular flexibility index (Phi) is 5.01. The highest BCUT2D eigenvalue weighted by Crippen LogP contribution is 2.30. The maximum atomic E-state index is 11.1. The van der Waals surface area contributed by atoms with E-state index in [1.165, 1.54) is 0 Å². The fourth-order valence-corrected chi connectivity index (χ4v) is 3.17. The SMILES string of the molecule is NC(=O)c1noc([C@H]2CCCN2CCCN2CCOCC2)n1. The molecule has 0 saturated carbocycles. The van der Waals surface area contributed by atoms with Gasteiger partial charge >= 0.3 is 0 Å². The van der Waals surface area contributed by atoms with Crippen LogP contribution in [0.5, 0.6) is 0 Å². The fraction of sp³-hybridized carbons (Fsp3) is 0.786. The van der Waals surface area contributed by atoms with Gasteiger partial charge in [0, 0.05) is 19.6 Å².